The first-order chi connectivity index (χ1) is 18.1. The smallest absolute Gasteiger partial charge is 0.307 e. The number of aliphatic hydroxyl groups excluding tert-OH is 1. The van der Waals surface area contributed by atoms with Crippen LogP contribution in [0.3, 0.4) is 0 Å². The number of carbonyl (C=O) groups excluding carboxylic acids is 2. The molecule has 38 heavy (non-hydrogen) atoms. The van der Waals surface area contributed by atoms with Gasteiger partial charge in [0.25, 0.3) is 5.91 Å². The highest BCUT2D eigenvalue weighted by atomic mass is 32.2. The number of aliphatic hydroxyl groups is 1. The summed E-state index contributed by atoms with van der Waals surface area (Å²) >= 11 is 0. The highest BCUT2D eigenvalue weighted by Gasteiger charge is 2.21. The zero-order valence-electron chi connectivity index (χ0n) is 21.6. The highest BCUT2D eigenvalue weighted by Crippen LogP contribution is 2.28. The first kappa shape index (κ1) is 29.2. The van der Waals surface area contributed by atoms with Gasteiger partial charge in [0.2, 0.25) is 10.0 Å². The molecular weight excluding hydrogens is 512 g/mol. The first-order valence-electron chi connectivity index (χ1n) is 12.6. The van der Waals surface area contributed by atoms with E-state index in [1.165, 1.54) is 12.1 Å². The van der Waals surface area contributed by atoms with E-state index in [1.807, 2.05) is 12.1 Å². The summed E-state index contributed by atoms with van der Waals surface area (Å²) < 4.78 is 30.1. The van der Waals surface area contributed by atoms with Crippen LogP contribution < -0.4 is 20.3 Å². The van der Waals surface area contributed by atoms with Crippen molar-refractivity contribution in [3.63, 3.8) is 0 Å². The van der Waals surface area contributed by atoms with Gasteiger partial charge < -0.3 is 30.5 Å². The second kappa shape index (κ2) is 13.4. The Bertz CT molecular complexity index is 1200. The molecule has 0 radical (unpaired) electrons. The van der Waals surface area contributed by atoms with E-state index in [4.69, 9.17) is 4.74 Å². The van der Waals surface area contributed by atoms with E-state index >= 15 is 0 Å². The number of nitrogens with one attached hydrogen (secondary N) is 3. The van der Waals surface area contributed by atoms with Crippen molar-refractivity contribution in [1.82, 2.24) is 10.6 Å². The molecule has 0 spiro atoms. The number of benzene rings is 2. The normalized spacial score (nSPS) is 15.1. The third-order valence-electron chi connectivity index (χ3n) is 6.21. The first-order valence-corrected chi connectivity index (χ1v) is 14.5. The molecule has 3 rings (SSSR count). The number of aromatic hydroxyl groups is 1. The fourth-order valence-corrected chi connectivity index (χ4v) is 4.78. The van der Waals surface area contributed by atoms with Crippen LogP contribution in [0, 0.1) is 0 Å². The number of sulfonamides is 1. The third-order valence-corrected chi connectivity index (χ3v) is 6.80. The lowest BCUT2D eigenvalue weighted by atomic mass is 10.0. The molecule has 0 aromatic heterocycles. The van der Waals surface area contributed by atoms with Crippen LogP contribution in [-0.4, -0.2) is 75.6 Å². The molecule has 1 fully saturated rings. The van der Waals surface area contributed by atoms with Gasteiger partial charge in [0.05, 0.1) is 31.1 Å². The van der Waals surface area contributed by atoms with Gasteiger partial charge in [-0.05, 0) is 61.7 Å². The minimum Gasteiger partial charge on any atom is -0.506 e. The summed E-state index contributed by atoms with van der Waals surface area (Å²) in [4.78, 5) is 25.9. The van der Waals surface area contributed by atoms with E-state index in [0.717, 1.165) is 37.9 Å². The number of hydrogen-bond donors (Lipinski definition) is 5. The van der Waals surface area contributed by atoms with E-state index < -0.39 is 16.1 Å². The predicted molar refractivity (Wildman–Crippen MR) is 145 cm³/mol. The van der Waals surface area contributed by atoms with E-state index in [9.17, 15) is 28.2 Å². The van der Waals surface area contributed by atoms with Crippen molar-refractivity contribution in [2.75, 3.05) is 48.7 Å². The second-order valence-electron chi connectivity index (χ2n) is 9.19. The van der Waals surface area contributed by atoms with Gasteiger partial charge in [0, 0.05) is 43.5 Å². The molecule has 0 saturated carbocycles. The number of anilines is 2. The summed E-state index contributed by atoms with van der Waals surface area (Å²) in [7, 11) is -3.56. The van der Waals surface area contributed by atoms with Crippen LogP contribution in [0.4, 0.5) is 11.4 Å². The molecule has 1 atom stereocenters. The minimum absolute atomic E-state index is 0.0255. The number of phenolic OH excluding ortho intramolecular Hbond substituents is 1. The quantitative estimate of drug-likeness (QED) is 0.197. The van der Waals surface area contributed by atoms with Gasteiger partial charge in [-0.3, -0.25) is 14.3 Å². The van der Waals surface area contributed by atoms with E-state index in [0.29, 0.717) is 17.7 Å². The highest BCUT2D eigenvalue weighted by molar-refractivity contribution is 7.92. The number of hydrogen-bond acceptors (Lipinski definition) is 9. The van der Waals surface area contributed by atoms with Crippen molar-refractivity contribution in [2.45, 2.75) is 38.3 Å². The van der Waals surface area contributed by atoms with E-state index in [-0.39, 0.29) is 48.9 Å². The van der Waals surface area contributed by atoms with Gasteiger partial charge in [-0.2, -0.15) is 0 Å². The van der Waals surface area contributed by atoms with Crippen molar-refractivity contribution in [3.05, 3.63) is 53.6 Å². The van der Waals surface area contributed by atoms with Gasteiger partial charge in [-0.15, -0.1) is 0 Å². The molecule has 2 aromatic carbocycles. The molecule has 11 nitrogen and oxygen atoms in total. The van der Waals surface area contributed by atoms with E-state index in [2.05, 4.69) is 20.3 Å². The van der Waals surface area contributed by atoms with Crippen LogP contribution in [-0.2, 0) is 19.6 Å². The SMILES string of the molecule is CCOC(=O)CCNC(=O)c1ccc(N2CCC(NC[C@@H](O)c3ccc(O)c(NS(C)(=O)=O)c3)CC2)cc1. The number of phenols is 1. The molecule has 0 aliphatic carbocycles. The molecule has 5 N–H and O–H groups in total. The number of ether oxygens (including phenoxy) is 1. The summed E-state index contributed by atoms with van der Waals surface area (Å²) in [6.07, 6.45) is 1.97. The molecule has 1 aliphatic heterocycles. The van der Waals surface area contributed by atoms with Crippen molar-refractivity contribution in [3.8, 4) is 5.75 Å². The lowest BCUT2D eigenvalue weighted by Crippen LogP contribution is -2.43. The standard InChI is InChI=1S/C26H36N4O7S/c1-3-37-25(33)10-13-27-26(34)18-4-7-21(8-5-18)30-14-11-20(12-15-30)28-17-24(32)19-6-9-23(31)22(16-19)29-38(2,35)36/h4-9,16,20,24,28-29,31-32H,3,10-15,17H2,1-2H3,(H,27,34)/t24-/m1/s1. The van der Waals surface area contributed by atoms with Gasteiger partial charge in [0.1, 0.15) is 5.75 Å². The van der Waals surface area contributed by atoms with Crippen molar-refractivity contribution in [1.29, 1.82) is 0 Å². The Balaban J connectivity index is 1.44. The summed E-state index contributed by atoms with van der Waals surface area (Å²) in [5.41, 5.74) is 2.05. The number of rotatable bonds is 12. The van der Waals surface area contributed by atoms with Crippen molar-refractivity contribution in [2.24, 2.45) is 0 Å². The topological polar surface area (TPSA) is 157 Å². The second-order valence-corrected chi connectivity index (χ2v) is 10.9. The molecule has 1 saturated heterocycles. The molecule has 0 bridgehead atoms. The molecular formula is C26H36N4O7S. The Kier molecular flexibility index (Phi) is 10.3. The summed E-state index contributed by atoms with van der Waals surface area (Å²) in [5, 5.41) is 26.6. The maximum atomic E-state index is 12.3. The van der Waals surface area contributed by atoms with Crippen LogP contribution in [0.2, 0.25) is 0 Å². The Morgan fingerprint density at radius 3 is 2.45 bits per heavy atom. The third kappa shape index (κ3) is 8.89. The minimum atomic E-state index is -3.56. The Hall–Kier alpha value is -3.35. The molecule has 1 aliphatic rings. The van der Waals surface area contributed by atoms with Crippen LogP contribution in [0.1, 0.15) is 48.2 Å². The molecule has 1 amide bonds. The summed E-state index contributed by atoms with van der Waals surface area (Å²) in [6.45, 7) is 4.17. The molecule has 1 heterocycles. The fourth-order valence-electron chi connectivity index (χ4n) is 4.22. The number of esters is 1. The Labute approximate surface area is 223 Å². The Morgan fingerprint density at radius 1 is 1.13 bits per heavy atom. The largest absolute Gasteiger partial charge is 0.506 e. The number of nitrogens with zero attached hydrogens (tertiary/aromatic N) is 1. The number of carbonyl (C=O) groups is 2. The lowest BCUT2D eigenvalue weighted by Gasteiger charge is -2.34. The maximum Gasteiger partial charge on any atom is 0.307 e. The fraction of sp³-hybridized carbons (Fsp3) is 0.462. The van der Waals surface area contributed by atoms with Gasteiger partial charge in [-0.1, -0.05) is 6.07 Å². The molecule has 12 heteroatoms. The Morgan fingerprint density at radius 2 is 1.82 bits per heavy atom. The molecule has 0 unspecified atom stereocenters. The van der Waals surface area contributed by atoms with Crippen LogP contribution in [0.25, 0.3) is 0 Å². The van der Waals surface area contributed by atoms with Gasteiger partial charge in [-0.25, -0.2) is 8.42 Å². The predicted octanol–water partition coefficient (Wildman–Crippen LogP) is 1.74. The van der Waals surface area contributed by atoms with Crippen LogP contribution >= 0.6 is 0 Å². The summed E-state index contributed by atoms with van der Waals surface area (Å²) in [6, 6.07) is 11.9. The van der Waals surface area contributed by atoms with Crippen LogP contribution in [0.15, 0.2) is 42.5 Å². The van der Waals surface area contributed by atoms with Crippen molar-refractivity contribution < 1.29 is 33.0 Å². The van der Waals surface area contributed by atoms with Gasteiger partial charge >= 0.3 is 5.97 Å². The summed E-state index contributed by atoms with van der Waals surface area (Å²) in [5.74, 6) is -0.795. The average molecular weight is 549 g/mol. The van der Waals surface area contributed by atoms with Gasteiger partial charge in [0.15, 0.2) is 0 Å². The number of piperidine rings is 1. The molecule has 208 valence electrons. The molecule has 2 aromatic rings. The monoisotopic (exact) mass is 548 g/mol. The zero-order chi connectivity index (χ0) is 27.7. The average Bonchev–Trinajstić information content (AvgIpc) is 2.88. The number of amides is 1. The van der Waals surface area contributed by atoms with Crippen molar-refractivity contribution >= 4 is 33.3 Å². The van der Waals surface area contributed by atoms with Crippen LogP contribution in [0.5, 0.6) is 5.75 Å². The lowest BCUT2D eigenvalue weighted by molar-refractivity contribution is -0.142. The zero-order valence-corrected chi connectivity index (χ0v) is 22.5. The van der Waals surface area contributed by atoms with E-state index in [1.54, 1.807) is 25.1 Å². The maximum absolute atomic E-state index is 12.3.